The molecule has 0 saturated heterocycles. The Morgan fingerprint density at radius 1 is 1.18 bits per heavy atom. The molecule has 0 atom stereocenters. The van der Waals surface area contributed by atoms with Crippen LogP contribution in [-0.2, 0) is 4.79 Å². The normalized spacial score (nSPS) is 10.9. The predicted octanol–water partition coefficient (Wildman–Crippen LogP) is 3.63. The smallest absolute Gasteiger partial charge is 0.290 e. The average molecular weight is 490 g/mol. The van der Waals surface area contributed by atoms with E-state index in [-0.39, 0.29) is 27.1 Å². The molecule has 0 bridgehead atoms. The summed E-state index contributed by atoms with van der Waals surface area (Å²) in [5, 5.41) is 13.8. The molecule has 0 unspecified atom stereocenters. The van der Waals surface area contributed by atoms with E-state index in [1.807, 2.05) is 0 Å². The fourth-order valence-corrected chi connectivity index (χ4v) is 3.89. The standard InChI is InChI=1S/C21H17ClFN5O4S/c1-31-17-6-3-11(7-18(17)32-2)15-9-16-20(30)25-26-21(28(16)27-15)33-10-19(29)24-14-5-4-12(22)8-13(14)23/h3-9H,10H2,1-2H3,(H,24,29)(H,25,30). The fourth-order valence-electron chi connectivity index (χ4n) is 3.03. The first kappa shape index (κ1) is 22.6. The Morgan fingerprint density at radius 2 is 1.97 bits per heavy atom. The number of anilines is 1. The summed E-state index contributed by atoms with van der Waals surface area (Å²) in [6, 6.07) is 10.8. The highest BCUT2D eigenvalue weighted by Crippen LogP contribution is 2.32. The van der Waals surface area contributed by atoms with Crippen molar-refractivity contribution in [1.82, 2.24) is 19.8 Å². The van der Waals surface area contributed by atoms with E-state index in [0.717, 1.165) is 17.8 Å². The van der Waals surface area contributed by atoms with Gasteiger partial charge in [0.25, 0.3) is 5.56 Å². The van der Waals surface area contributed by atoms with E-state index in [9.17, 15) is 14.0 Å². The maximum Gasteiger partial charge on any atom is 0.290 e. The maximum atomic E-state index is 13.9. The number of nitrogens with zero attached hydrogens (tertiary/aromatic N) is 3. The van der Waals surface area contributed by atoms with Crippen LogP contribution < -0.4 is 20.3 Å². The van der Waals surface area contributed by atoms with E-state index in [4.69, 9.17) is 21.1 Å². The summed E-state index contributed by atoms with van der Waals surface area (Å²) in [6.45, 7) is 0. The van der Waals surface area contributed by atoms with Gasteiger partial charge in [0, 0.05) is 10.6 Å². The molecule has 33 heavy (non-hydrogen) atoms. The number of H-pyrrole nitrogens is 1. The Hall–Kier alpha value is -3.57. The number of hydrogen-bond donors (Lipinski definition) is 2. The Labute approximate surface area is 195 Å². The van der Waals surface area contributed by atoms with Gasteiger partial charge in [0.2, 0.25) is 11.1 Å². The molecule has 0 radical (unpaired) electrons. The number of thioether (sulfide) groups is 1. The lowest BCUT2D eigenvalue weighted by Crippen LogP contribution is -2.17. The third kappa shape index (κ3) is 4.78. The third-order valence-corrected chi connectivity index (χ3v) is 5.76. The van der Waals surface area contributed by atoms with Gasteiger partial charge in [0.1, 0.15) is 11.3 Å². The van der Waals surface area contributed by atoms with Crippen LogP contribution in [0.4, 0.5) is 10.1 Å². The van der Waals surface area contributed by atoms with Crippen molar-refractivity contribution in [2.45, 2.75) is 5.16 Å². The summed E-state index contributed by atoms with van der Waals surface area (Å²) in [4.78, 5) is 24.6. The lowest BCUT2D eigenvalue weighted by atomic mass is 10.1. The molecular formula is C21H17ClFN5O4S. The topological polar surface area (TPSA) is 111 Å². The van der Waals surface area contributed by atoms with Crippen LogP contribution in [0.25, 0.3) is 16.8 Å². The van der Waals surface area contributed by atoms with Gasteiger partial charge in [0.05, 0.1) is 31.4 Å². The number of ether oxygens (including phenoxy) is 2. The molecule has 0 aliphatic rings. The predicted molar refractivity (Wildman–Crippen MR) is 123 cm³/mol. The lowest BCUT2D eigenvalue weighted by Gasteiger charge is -2.08. The number of halogens is 2. The van der Waals surface area contributed by atoms with Crippen LogP contribution in [0.5, 0.6) is 11.5 Å². The Bertz CT molecular complexity index is 1410. The van der Waals surface area contributed by atoms with E-state index >= 15 is 0 Å². The van der Waals surface area contributed by atoms with Crippen LogP contribution in [0.15, 0.2) is 52.4 Å². The quantitative estimate of drug-likeness (QED) is 0.381. The molecule has 2 aromatic heterocycles. The molecule has 2 N–H and O–H groups in total. The Morgan fingerprint density at radius 3 is 2.70 bits per heavy atom. The molecule has 0 aliphatic carbocycles. The molecule has 0 fully saturated rings. The number of nitrogens with one attached hydrogen (secondary N) is 2. The molecule has 4 aromatic rings. The molecule has 2 aromatic carbocycles. The number of fused-ring (bicyclic) bond motifs is 1. The van der Waals surface area contributed by atoms with Gasteiger partial charge in [0.15, 0.2) is 11.5 Å². The molecule has 0 aliphatic heterocycles. The summed E-state index contributed by atoms with van der Waals surface area (Å²) in [5.41, 5.74) is 1.03. The van der Waals surface area contributed by atoms with Gasteiger partial charge in [-0.1, -0.05) is 23.4 Å². The van der Waals surface area contributed by atoms with Gasteiger partial charge >= 0.3 is 0 Å². The zero-order valence-electron chi connectivity index (χ0n) is 17.4. The summed E-state index contributed by atoms with van der Waals surface area (Å²) >= 11 is 6.76. The van der Waals surface area contributed by atoms with Gasteiger partial charge < -0.3 is 14.8 Å². The number of methoxy groups -OCH3 is 2. The number of rotatable bonds is 7. The first-order chi connectivity index (χ1) is 15.9. The minimum Gasteiger partial charge on any atom is -0.493 e. The Kier molecular flexibility index (Phi) is 6.52. The number of benzene rings is 2. The molecule has 9 nitrogen and oxygen atoms in total. The van der Waals surface area contributed by atoms with E-state index in [1.165, 1.54) is 30.9 Å². The molecule has 2 heterocycles. The third-order valence-electron chi connectivity index (χ3n) is 4.59. The van der Waals surface area contributed by atoms with Crippen molar-refractivity contribution >= 4 is 40.5 Å². The van der Waals surface area contributed by atoms with Crippen LogP contribution in [0.3, 0.4) is 0 Å². The van der Waals surface area contributed by atoms with Crippen molar-refractivity contribution < 1.29 is 18.7 Å². The second-order valence-electron chi connectivity index (χ2n) is 6.69. The molecule has 170 valence electrons. The number of carbonyl (C=O) groups is 1. The van der Waals surface area contributed by atoms with Gasteiger partial charge in [-0.15, -0.1) is 5.10 Å². The van der Waals surface area contributed by atoms with E-state index in [1.54, 1.807) is 24.3 Å². The number of carbonyl (C=O) groups excluding carboxylic acids is 1. The average Bonchev–Trinajstić information content (AvgIpc) is 3.26. The van der Waals surface area contributed by atoms with Crippen LogP contribution in [0, 0.1) is 5.82 Å². The first-order valence-electron chi connectivity index (χ1n) is 9.48. The zero-order chi connectivity index (χ0) is 23.5. The minimum absolute atomic E-state index is 0.0133. The van der Waals surface area contributed by atoms with Crippen molar-refractivity contribution in [2.75, 3.05) is 25.3 Å². The monoisotopic (exact) mass is 489 g/mol. The van der Waals surface area contributed by atoms with Gasteiger partial charge in [-0.25, -0.2) is 14.0 Å². The first-order valence-corrected chi connectivity index (χ1v) is 10.8. The molecular weight excluding hydrogens is 473 g/mol. The van der Waals surface area contributed by atoms with Crippen molar-refractivity contribution in [3.8, 4) is 22.8 Å². The largest absolute Gasteiger partial charge is 0.493 e. The summed E-state index contributed by atoms with van der Waals surface area (Å²) in [6.07, 6.45) is 0. The van der Waals surface area contributed by atoms with Crippen molar-refractivity contribution in [3.05, 3.63) is 63.7 Å². The minimum atomic E-state index is -0.642. The second kappa shape index (κ2) is 9.51. The van der Waals surface area contributed by atoms with Crippen LogP contribution in [-0.4, -0.2) is 45.7 Å². The van der Waals surface area contributed by atoms with Gasteiger partial charge in [-0.05, 0) is 42.5 Å². The zero-order valence-corrected chi connectivity index (χ0v) is 19.0. The van der Waals surface area contributed by atoms with Gasteiger partial charge in [-0.2, -0.15) is 5.10 Å². The fraction of sp³-hybridized carbons (Fsp3) is 0.143. The van der Waals surface area contributed by atoms with Crippen molar-refractivity contribution in [1.29, 1.82) is 0 Å². The Balaban J connectivity index is 1.58. The summed E-state index contributed by atoms with van der Waals surface area (Å²) in [5.74, 6) is -0.128. The molecule has 1 amide bonds. The highest BCUT2D eigenvalue weighted by Gasteiger charge is 2.16. The number of amides is 1. The van der Waals surface area contributed by atoms with Crippen LogP contribution in [0.2, 0.25) is 5.02 Å². The maximum absolute atomic E-state index is 13.9. The van der Waals surface area contributed by atoms with Crippen molar-refractivity contribution in [3.63, 3.8) is 0 Å². The number of hydrogen-bond acceptors (Lipinski definition) is 7. The summed E-state index contributed by atoms with van der Waals surface area (Å²) in [7, 11) is 3.06. The molecule has 0 spiro atoms. The highest BCUT2D eigenvalue weighted by atomic mass is 35.5. The SMILES string of the molecule is COc1ccc(-c2cc3c(=O)[nH]nc(SCC(=O)Nc4ccc(Cl)cc4F)n3n2)cc1OC. The second-order valence-corrected chi connectivity index (χ2v) is 8.07. The van der Waals surface area contributed by atoms with Gasteiger partial charge in [-0.3, -0.25) is 9.59 Å². The van der Waals surface area contributed by atoms with E-state index in [2.05, 4.69) is 20.6 Å². The van der Waals surface area contributed by atoms with Crippen LogP contribution >= 0.6 is 23.4 Å². The molecule has 0 saturated carbocycles. The number of aromatic amines is 1. The summed E-state index contributed by atoms with van der Waals surface area (Å²) < 4.78 is 25.8. The van der Waals surface area contributed by atoms with Crippen molar-refractivity contribution in [2.24, 2.45) is 0 Å². The highest BCUT2D eigenvalue weighted by molar-refractivity contribution is 7.99. The molecule has 4 rings (SSSR count). The lowest BCUT2D eigenvalue weighted by molar-refractivity contribution is -0.113. The van der Waals surface area contributed by atoms with E-state index in [0.29, 0.717) is 22.8 Å². The number of aromatic nitrogens is 4. The van der Waals surface area contributed by atoms with E-state index < -0.39 is 17.3 Å². The molecule has 12 heteroatoms. The van der Waals surface area contributed by atoms with Crippen LogP contribution in [0.1, 0.15) is 0 Å².